The summed E-state index contributed by atoms with van der Waals surface area (Å²) in [6.07, 6.45) is 1.24. The molecular formula is C34H32Cl2F3N3O5. The highest BCUT2D eigenvalue weighted by Crippen LogP contribution is 2.37. The highest BCUT2D eigenvalue weighted by atomic mass is 35.5. The lowest BCUT2D eigenvalue weighted by molar-refractivity contribution is 0.0696. The van der Waals surface area contributed by atoms with E-state index in [-0.39, 0.29) is 59.3 Å². The highest BCUT2D eigenvalue weighted by molar-refractivity contribution is 6.05. The Morgan fingerprint density at radius 1 is 0.681 bits per heavy atom. The van der Waals surface area contributed by atoms with Crippen molar-refractivity contribution in [2.24, 2.45) is 0 Å². The Labute approximate surface area is 281 Å². The molecule has 0 radical (unpaired) electrons. The number of rotatable bonds is 9. The Bertz CT molecular complexity index is 1770. The van der Waals surface area contributed by atoms with Gasteiger partial charge in [-0.2, -0.15) is 0 Å². The van der Waals surface area contributed by atoms with Crippen LogP contribution in [-0.2, 0) is 0 Å². The lowest BCUT2D eigenvalue weighted by Gasteiger charge is -2.19. The van der Waals surface area contributed by atoms with E-state index in [1.807, 2.05) is 0 Å². The normalized spacial score (nSPS) is 16.9. The third-order valence-electron chi connectivity index (χ3n) is 7.83. The van der Waals surface area contributed by atoms with E-state index in [0.717, 1.165) is 44.1 Å². The molecule has 4 N–H and O–H groups in total. The fraction of sp³-hybridized carbons (Fsp3) is 0.235. The number of benzene rings is 4. The highest BCUT2D eigenvalue weighted by Gasteiger charge is 2.23. The number of hydrogen-bond donors (Lipinski definition) is 4. The average molecular weight is 691 g/mol. The maximum atomic E-state index is 15.1. The number of aromatic carboxylic acids is 1. The van der Waals surface area contributed by atoms with Gasteiger partial charge in [0.25, 0.3) is 5.91 Å². The number of carboxylic acids is 1. The average Bonchev–Trinajstić information content (AvgIpc) is 3.74. The van der Waals surface area contributed by atoms with Crippen molar-refractivity contribution in [2.75, 3.05) is 31.5 Å². The molecule has 0 aromatic heterocycles. The summed E-state index contributed by atoms with van der Waals surface area (Å²) >= 11 is 0. The summed E-state index contributed by atoms with van der Waals surface area (Å²) < 4.78 is 55.3. The number of carbonyl (C=O) groups excluding carboxylic acids is 1. The van der Waals surface area contributed by atoms with Gasteiger partial charge in [0.1, 0.15) is 29.5 Å². The molecule has 2 fully saturated rings. The van der Waals surface area contributed by atoms with E-state index in [0.29, 0.717) is 41.4 Å². The topological polar surface area (TPSA) is 109 Å². The SMILES string of the molecule is Cl.Cl.O=C(O)c1ccc(F)c(-c2cc(NC(=O)c3ccc(O[C@H]4CCNC4)c(-c4ccc(F)c(F)c4)c3)ccc2O[C@H]2CCNC2)c1. The van der Waals surface area contributed by atoms with E-state index < -0.39 is 29.3 Å². The summed E-state index contributed by atoms with van der Waals surface area (Å²) in [5, 5.41) is 18.7. The third-order valence-corrected chi connectivity index (χ3v) is 7.83. The Morgan fingerprint density at radius 2 is 1.28 bits per heavy atom. The number of nitrogens with one attached hydrogen (secondary N) is 3. The Kier molecular flexibility index (Phi) is 11.8. The number of carboxylic acid groups (broad SMARTS) is 1. The molecular weight excluding hydrogens is 658 g/mol. The smallest absolute Gasteiger partial charge is 0.335 e. The van der Waals surface area contributed by atoms with Gasteiger partial charge in [-0.15, -0.1) is 24.8 Å². The van der Waals surface area contributed by atoms with Crippen molar-refractivity contribution in [3.05, 3.63) is 101 Å². The molecule has 248 valence electrons. The number of carbonyl (C=O) groups is 2. The van der Waals surface area contributed by atoms with Gasteiger partial charge in [0, 0.05) is 41.0 Å². The van der Waals surface area contributed by atoms with Crippen molar-refractivity contribution in [2.45, 2.75) is 25.0 Å². The second kappa shape index (κ2) is 15.5. The molecule has 1 amide bonds. The minimum atomic E-state index is -1.21. The van der Waals surface area contributed by atoms with Crippen LogP contribution < -0.4 is 25.4 Å². The zero-order valence-corrected chi connectivity index (χ0v) is 26.5. The predicted octanol–water partition coefficient (Wildman–Crippen LogP) is 6.71. The molecule has 6 rings (SSSR count). The lowest BCUT2D eigenvalue weighted by atomic mass is 9.99. The van der Waals surface area contributed by atoms with Crippen molar-refractivity contribution in [3.8, 4) is 33.8 Å². The molecule has 4 aromatic carbocycles. The number of amides is 1. The van der Waals surface area contributed by atoms with Crippen LogP contribution in [0.5, 0.6) is 11.5 Å². The Balaban J connectivity index is 0.00000250. The van der Waals surface area contributed by atoms with Crippen molar-refractivity contribution in [1.82, 2.24) is 10.6 Å². The molecule has 0 aliphatic carbocycles. The van der Waals surface area contributed by atoms with Crippen LogP contribution >= 0.6 is 24.8 Å². The zero-order valence-electron chi connectivity index (χ0n) is 24.9. The van der Waals surface area contributed by atoms with E-state index in [9.17, 15) is 23.5 Å². The fourth-order valence-electron chi connectivity index (χ4n) is 5.47. The molecule has 2 atom stereocenters. The van der Waals surface area contributed by atoms with E-state index in [2.05, 4.69) is 16.0 Å². The molecule has 47 heavy (non-hydrogen) atoms. The van der Waals surface area contributed by atoms with Crippen molar-refractivity contribution >= 4 is 42.4 Å². The first-order valence-corrected chi connectivity index (χ1v) is 14.6. The Hall–Kier alpha value is -4.29. The van der Waals surface area contributed by atoms with Gasteiger partial charge in [0.05, 0.1) is 5.56 Å². The third kappa shape index (κ3) is 8.17. The maximum Gasteiger partial charge on any atom is 0.335 e. The number of anilines is 1. The predicted molar refractivity (Wildman–Crippen MR) is 177 cm³/mol. The van der Waals surface area contributed by atoms with Crippen LogP contribution in [0, 0.1) is 17.5 Å². The van der Waals surface area contributed by atoms with Crippen LogP contribution in [0.1, 0.15) is 33.6 Å². The van der Waals surface area contributed by atoms with E-state index in [1.165, 1.54) is 24.3 Å². The second-order valence-electron chi connectivity index (χ2n) is 11.0. The summed E-state index contributed by atoms with van der Waals surface area (Å²) in [6, 6.07) is 16.4. The summed E-state index contributed by atoms with van der Waals surface area (Å²) in [5.41, 5.74) is 1.45. The molecule has 13 heteroatoms. The van der Waals surface area contributed by atoms with Gasteiger partial charge in [-0.25, -0.2) is 18.0 Å². The first kappa shape index (κ1) is 35.6. The molecule has 0 unspecified atom stereocenters. The van der Waals surface area contributed by atoms with E-state index in [4.69, 9.17) is 9.47 Å². The largest absolute Gasteiger partial charge is 0.488 e. The van der Waals surface area contributed by atoms with Gasteiger partial charge < -0.3 is 30.5 Å². The monoisotopic (exact) mass is 689 g/mol. The van der Waals surface area contributed by atoms with Crippen molar-refractivity contribution < 1.29 is 37.3 Å². The minimum absolute atomic E-state index is 0. The summed E-state index contributed by atoms with van der Waals surface area (Å²) in [4.78, 5) is 25.2. The molecule has 2 heterocycles. The van der Waals surface area contributed by atoms with E-state index in [1.54, 1.807) is 30.3 Å². The molecule has 8 nitrogen and oxygen atoms in total. The molecule has 2 aliphatic rings. The van der Waals surface area contributed by atoms with Crippen LogP contribution in [0.25, 0.3) is 22.3 Å². The van der Waals surface area contributed by atoms with Gasteiger partial charge >= 0.3 is 5.97 Å². The number of ether oxygens (including phenoxy) is 2. The summed E-state index contributed by atoms with van der Waals surface area (Å²) in [7, 11) is 0. The summed E-state index contributed by atoms with van der Waals surface area (Å²) in [6.45, 7) is 2.80. The van der Waals surface area contributed by atoms with Gasteiger partial charge in [-0.05, 0) is 98.2 Å². The number of halogens is 5. The van der Waals surface area contributed by atoms with Crippen LogP contribution in [0.15, 0.2) is 72.8 Å². The van der Waals surface area contributed by atoms with Gasteiger partial charge in [0.15, 0.2) is 11.6 Å². The summed E-state index contributed by atoms with van der Waals surface area (Å²) in [5.74, 6) is -3.64. The van der Waals surface area contributed by atoms with Crippen molar-refractivity contribution in [1.29, 1.82) is 0 Å². The van der Waals surface area contributed by atoms with Crippen LogP contribution in [0.4, 0.5) is 18.9 Å². The van der Waals surface area contributed by atoms with E-state index >= 15 is 4.39 Å². The minimum Gasteiger partial charge on any atom is -0.488 e. The molecule has 2 saturated heterocycles. The van der Waals surface area contributed by atoms with Gasteiger partial charge in [-0.3, -0.25) is 4.79 Å². The lowest BCUT2D eigenvalue weighted by Crippen LogP contribution is -2.20. The van der Waals surface area contributed by atoms with Crippen molar-refractivity contribution in [3.63, 3.8) is 0 Å². The Morgan fingerprint density at radius 3 is 1.89 bits per heavy atom. The maximum absolute atomic E-state index is 15.1. The molecule has 0 spiro atoms. The zero-order chi connectivity index (χ0) is 31.5. The van der Waals surface area contributed by atoms with Crippen LogP contribution in [0.3, 0.4) is 0 Å². The first-order valence-electron chi connectivity index (χ1n) is 14.6. The standard InChI is InChI=1S/C34H30F3N3O5.2ClH/c35-28-5-2-21(34(42)43)14-26(28)27-16-22(4-8-32(27)45-24-10-12-39-18-24)40-33(41)20-3-7-31(44-23-9-11-38-17-23)25(13-20)19-1-6-29(36)30(37)15-19;;/h1-8,13-16,23-24,38-39H,9-12,17-18H2,(H,40,41)(H,42,43);2*1H/t23-,24-;;/m0../s1. The number of hydrogen-bond acceptors (Lipinski definition) is 6. The van der Waals surface area contributed by atoms with Crippen LogP contribution in [0.2, 0.25) is 0 Å². The molecule has 4 aromatic rings. The molecule has 0 bridgehead atoms. The van der Waals surface area contributed by atoms with Crippen LogP contribution in [-0.4, -0.2) is 55.4 Å². The van der Waals surface area contributed by atoms with Gasteiger partial charge in [0.2, 0.25) is 0 Å². The quantitative estimate of drug-likeness (QED) is 0.155. The molecule has 0 saturated carbocycles. The fourth-order valence-corrected chi connectivity index (χ4v) is 5.47. The second-order valence-corrected chi connectivity index (χ2v) is 11.0. The van der Waals surface area contributed by atoms with Gasteiger partial charge in [-0.1, -0.05) is 6.07 Å². The molecule has 2 aliphatic heterocycles. The first-order chi connectivity index (χ1) is 21.7.